The van der Waals surface area contributed by atoms with Crippen molar-refractivity contribution in [3.05, 3.63) is 57.0 Å². The van der Waals surface area contributed by atoms with E-state index in [0.717, 1.165) is 5.56 Å². The van der Waals surface area contributed by atoms with Crippen LogP contribution in [-0.4, -0.2) is 31.7 Å². The van der Waals surface area contributed by atoms with Gasteiger partial charge in [-0.05, 0) is 61.7 Å². The maximum absolute atomic E-state index is 13.0. The van der Waals surface area contributed by atoms with Crippen LogP contribution in [0.4, 0.5) is 5.69 Å². The maximum Gasteiger partial charge on any atom is 0.244 e. The van der Waals surface area contributed by atoms with Crippen LogP contribution < -0.4 is 5.32 Å². The van der Waals surface area contributed by atoms with Gasteiger partial charge >= 0.3 is 0 Å². The van der Waals surface area contributed by atoms with Crippen LogP contribution in [0.3, 0.4) is 0 Å². The Morgan fingerprint density at radius 1 is 1.11 bits per heavy atom. The number of benzene rings is 2. The summed E-state index contributed by atoms with van der Waals surface area (Å²) in [5.41, 5.74) is 1.50. The molecule has 1 N–H and O–H groups in total. The summed E-state index contributed by atoms with van der Waals surface area (Å²) in [6, 6.07) is 9.51. The summed E-state index contributed by atoms with van der Waals surface area (Å²) in [7, 11) is -3.85. The molecule has 0 aliphatic carbocycles. The number of rotatable bonds is 4. The molecule has 28 heavy (non-hydrogen) atoms. The van der Waals surface area contributed by atoms with Crippen LogP contribution in [0.25, 0.3) is 0 Å². The molecule has 0 saturated carbocycles. The third-order valence-electron chi connectivity index (χ3n) is 4.71. The van der Waals surface area contributed by atoms with Gasteiger partial charge in [0.15, 0.2) is 0 Å². The average Bonchev–Trinajstić information content (AvgIpc) is 2.66. The minimum absolute atomic E-state index is 0.0451. The van der Waals surface area contributed by atoms with E-state index in [1.54, 1.807) is 18.2 Å². The van der Waals surface area contributed by atoms with Crippen molar-refractivity contribution in [1.82, 2.24) is 4.31 Å². The minimum atomic E-state index is -3.85. The van der Waals surface area contributed by atoms with E-state index in [-0.39, 0.29) is 27.4 Å². The van der Waals surface area contributed by atoms with Crippen molar-refractivity contribution in [3.63, 3.8) is 0 Å². The fourth-order valence-corrected chi connectivity index (χ4v) is 5.68. The van der Waals surface area contributed by atoms with E-state index in [4.69, 9.17) is 34.8 Å². The van der Waals surface area contributed by atoms with Gasteiger partial charge in [0.25, 0.3) is 0 Å². The monoisotopic (exact) mass is 460 g/mol. The van der Waals surface area contributed by atoms with E-state index in [2.05, 4.69) is 5.32 Å². The highest BCUT2D eigenvalue weighted by Gasteiger charge is 2.34. The van der Waals surface area contributed by atoms with Gasteiger partial charge in [-0.1, -0.05) is 34.8 Å². The lowest BCUT2D eigenvalue weighted by molar-refractivity contribution is -0.120. The van der Waals surface area contributed by atoms with Gasteiger partial charge in [-0.15, -0.1) is 0 Å². The summed E-state index contributed by atoms with van der Waals surface area (Å²) in [4.78, 5) is 12.7. The number of nitrogens with one attached hydrogen (secondary N) is 1. The van der Waals surface area contributed by atoms with E-state index in [0.29, 0.717) is 30.1 Å². The molecule has 0 spiro atoms. The largest absolute Gasteiger partial charge is 0.326 e. The number of anilines is 1. The Hall–Kier alpha value is -1.31. The molecule has 3 rings (SSSR count). The number of amides is 1. The van der Waals surface area contributed by atoms with Crippen LogP contribution in [0.15, 0.2) is 41.3 Å². The lowest BCUT2D eigenvalue weighted by Crippen LogP contribution is -2.43. The highest BCUT2D eigenvalue weighted by atomic mass is 35.5. The molecule has 1 saturated heterocycles. The Morgan fingerprint density at radius 2 is 1.79 bits per heavy atom. The topological polar surface area (TPSA) is 66.5 Å². The first-order chi connectivity index (χ1) is 13.2. The molecule has 0 aromatic heterocycles. The molecule has 5 nitrogen and oxygen atoms in total. The van der Waals surface area contributed by atoms with E-state index >= 15 is 0 Å². The molecule has 0 bridgehead atoms. The Balaban J connectivity index is 1.78. The normalized spacial score (nSPS) is 18.1. The summed E-state index contributed by atoms with van der Waals surface area (Å²) < 4.78 is 27.3. The zero-order chi connectivity index (χ0) is 20.5. The number of piperidine rings is 1. The number of aryl methyl sites for hydroxylation is 1. The molecule has 0 unspecified atom stereocenters. The number of halogens is 3. The van der Waals surface area contributed by atoms with Gasteiger partial charge in [-0.3, -0.25) is 4.79 Å². The van der Waals surface area contributed by atoms with E-state index < -0.39 is 15.9 Å². The lowest BCUT2D eigenvalue weighted by atomic mass is 9.98. The smallest absolute Gasteiger partial charge is 0.244 e. The molecule has 0 radical (unpaired) electrons. The molecule has 2 aromatic carbocycles. The number of hydrogen-bond acceptors (Lipinski definition) is 3. The summed E-state index contributed by atoms with van der Waals surface area (Å²) in [6.07, 6.45) is 1.18. The van der Waals surface area contributed by atoms with Crippen molar-refractivity contribution < 1.29 is 13.2 Å². The molecular formula is C19H19Cl3N2O3S. The highest BCUT2D eigenvalue weighted by Crippen LogP contribution is 2.31. The molecule has 1 heterocycles. The first kappa shape index (κ1) is 21.4. The number of carbonyl (C=O) groups is 1. The van der Waals surface area contributed by atoms with E-state index in [1.165, 1.54) is 22.5 Å². The number of hydrogen-bond donors (Lipinski definition) is 1. The van der Waals surface area contributed by atoms with Crippen molar-refractivity contribution >= 4 is 56.4 Å². The van der Waals surface area contributed by atoms with Crippen LogP contribution in [-0.2, 0) is 14.8 Å². The maximum atomic E-state index is 13.0. The average molecular weight is 462 g/mol. The molecule has 1 aliphatic rings. The molecular weight excluding hydrogens is 443 g/mol. The summed E-state index contributed by atoms with van der Waals surface area (Å²) in [5.74, 6) is -0.681. The third-order valence-corrected chi connectivity index (χ3v) is 7.53. The van der Waals surface area contributed by atoms with Crippen LogP contribution in [0.1, 0.15) is 18.4 Å². The second-order valence-electron chi connectivity index (χ2n) is 6.73. The standard InChI is InChI=1S/C19H19Cl3N2O3S/c1-12-9-14(20)5-7-17(12)23-19(25)13-3-2-8-24(11-13)28(26,27)18-10-15(21)4-6-16(18)22/h4-7,9-10,13H,2-3,8,11H2,1H3,(H,23,25)/t13-/m1/s1. The zero-order valence-electron chi connectivity index (χ0n) is 15.1. The van der Waals surface area contributed by atoms with Crippen molar-refractivity contribution in [2.24, 2.45) is 5.92 Å². The Kier molecular flexibility index (Phi) is 6.57. The van der Waals surface area contributed by atoms with Crippen LogP contribution in [0, 0.1) is 12.8 Å². The first-order valence-electron chi connectivity index (χ1n) is 8.70. The fourth-order valence-electron chi connectivity index (χ4n) is 3.19. The zero-order valence-corrected chi connectivity index (χ0v) is 18.2. The first-order valence-corrected chi connectivity index (χ1v) is 11.3. The fraction of sp³-hybridized carbons (Fsp3) is 0.316. The van der Waals surface area contributed by atoms with Gasteiger partial charge in [-0.2, -0.15) is 4.31 Å². The lowest BCUT2D eigenvalue weighted by Gasteiger charge is -2.31. The van der Waals surface area contributed by atoms with Crippen molar-refractivity contribution in [3.8, 4) is 0 Å². The van der Waals surface area contributed by atoms with E-state index in [9.17, 15) is 13.2 Å². The van der Waals surface area contributed by atoms with Gasteiger partial charge < -0.3 is 5.32 Å². The second kappa shape index (κ2) is 8.59. The van der Waals surface area contributed by atoms with Crippen molar-refractivity contribution in [2.45, 2.75) is 24.7 Å². The molecule has 1 aliphatic heterocycles. The number of carbonyl (C=O) groups excluding carboxylic acids is 1. The Labute approximate surface area is 179 Å². The van der Waals surface area contributed by atoms with Gasteiger partial charge in [0.1, 0.15) is 4.90 Å². The molecule has 150 valence electrons. The summed E-state index contributed by atoms with van der Waals surface area (Å²) >= 11 is 18.0. The third kappa shape index (κ3) is 4.63. The highest BCUT2D eigenvalue weighted by molar-refractivity contribution is 7.89. The molecule has 2 aromatic rings. The Morgan fingerprint density at radius 3 is 2.50 bits per heavy atom. The predicted molar refractivity (Wildman–Crippen MR) is 113 cm³/mol. The van der Waals surface area contributed by atoms with Gasteiger partial charge in [0.2, 0.25) is 15.9 Å². The summed E-state index contributed by atoms with van der Waals surface area (Å²) in [5, 5.41) is 3.85. The number of nitrogens with zero attached hydrogens (tertiary/aromatic N) is 1. The second-order valence-corrected chi connectivity index (χ2v) is 9.91. The molecule has 9 heteroatoms. The van der Waals surface area contributed by atoms with Crippen molar-refractivity contribution in [2.75, 3.05) is 18.4 Å². The minimum Gasteiger partial charge on any atom is -0.326 e. The van der Waals surface area contributed by atoms with E-state index in [1.807, 2.05) is 6.92 Å². The van der Waals surface area contributed by atoms with Crippen LogP contribution >= 0.6 is 34.8 Å². The summed E-state index contributed by atoms with van der Waals surface area (Å²) in [6.45, 7) is 2.26. The number of sulfonamides is 1. The molecule has 1 fully saturated rings. The molecule has 1 atom stereocenters. The Bertz CT molecular complexity index is 1010. The van der Waals surface area contributed by atoms with Crippen molar-refractivity contribution in [1.29, 1.82) is 0 Å². The van der Waals surface area contributed by atoms with Gasteiger partial charge in [-0.25, -0.2) is 8.42 Å². The van der Waals surface area contributed by atoms with Gasteiger partial charge in [0, 0.05) is 28.8 Å². The molecule has 1 amide bonds. The van der Waals surface area contributed by atoms with Gasteiger partial charge in [0.05, 0.1) is 10.9 Å². The van der Waals surface area contributed by atoms with Crippen LogP contribution in [0.2, 0.25) is 15.1 Å². The predicted octanol–water partition coefficient (Wildman–Crippen LogP) is 4.99. The quantitative estimate of drug-likeness (QED) is 0.697. The van der Waals surface area contributed by atoms with Crippen LogP contribution in [0.5, 0.6) is 0 Å². The SMILES string of the molecule is Cc1cc(Cl)ccc1NC(=O)[C@@H]1CCCN(S(=O)(=O)c2cc(Cl)ccc2Cl)C1.